The second-order valence-electron chi connectivity index (χ2n) is 3.63. The summed E-state index contributed by atoms with van der Waals surface area (Å²) in [6, 6.07) is 1.69. The minimum Gasteiger partial charge on any atom is -0.393 e. The first kappa shape index (κ1) is 10.4. The van der Waals surface area contributed by atoms with Crippen LogP contribution in [0.3, 0.4) is 0 Å². The molecule has 15 heavy (non-hydrogen) atoms. The molecule has 5 nitrogen and oxygen atoms in total. The highest BCUT2D eigenvalue weighted by Gasteiger charge is 2.18. The zero-order chi connectivity index (χ0) is 10.8. The molecule has 0 spiro atoms. The lowest BCUT2D eigenvalue weighted by atomic mass is 10.1. The van der Waals surface area contributed by atoms with Crippen LogP contribution < -0.4 is 10.6 Å². The van der Waals surface area contributed by atoms with Gasteiger partial charge >= 0.3 is 0 Å². The lowest BCUT2D eigenvalue weighted by molar-refractivity contribution is 0.145. The van der Waals surface area contributed by atoms with Gasteiger partial charge in [0.2, 0.25) is 5.95 Å². The molecule has 3 N–H and O–H groups in total. The van der Waals surface area contributed by atoms with Crippen LogP contribution in [-0.2, 0) is 0 Å². The van der Waals surface area contributed by atoms with Crippen molar-refractivity contribution in [2.45, 2.75) is 18.9 Å². The molecular formula is C9H13ClN4O. The van der Waals surface area contributed by atoms with Crippen molar-refractivity contribution < 1.29 is 5.11 Å². The Bertz CT molecular complexity index is 332. The molecule has 82 valence electrons. The van der Waals surface area contributed by atoms with Gasteiger partial charge < -0.3 is 15.7 Å². The van der Waals surface area contributed by atoms with Gasteiger partial charge in [0.25, 0.3) is 0 Å². The van der Waals surface area contributed by atoms with Crippen LogP contribution in [0.4, 0.5) is 11.8 Å². The van der Waals surface area contributed by atoms with Crippen LogP contribution in [-0.4, -0.2) is 34.3 Å². The van der Waals surface area contributed by atoms with Crippen LogP contribution in [0.25, 0.3) is 0 Å². The number of piperidine rings is 1. The highest BCUT2D eigenvalue weighted by Crippen LogP contribution is 2.20. The summed E-state index contributed by atoms with van der Waals surface area (Å²) in [6.07, 6.45) is 1.30. The van der Waals surface area contributed by atoms with E-state index in [1.54, 1.807) is 6.07 Å². The van der Waals surface area contributed by atoms with Crippen LogP contribution in [0.1, 0.15) is 12.8 Å². The van der Waals surface area contributed by atoms with Crippen LogP contribution >= 0.6 is 11.6 Å². The standard InChI is InChI=1S/C9H13ClN4O/c10-7-5-8(13-9(11)12-7)14-3-1-6(15)2-4-14/h5-6,15H,1-4H2,(H2,11,12,13). The molecule has 1 aliphatic rings. The topological polar surface area (TPSA) is 75.3 Å². The Morgan fingerprint density at radius 1 is 1.40 bits per heavy atom. The zero-order valence-corrected chi connectivity index (χ0v) is 8.98. The normalized spacial score (nSPS) is 18.1. The molecule has 0 aliphatic carbocycles. The lowest BCUT2D eigenvalue weighted by Gasteiger charge is -2.30. The molecule has 2 heterocycles. The molecule has 0 bridgehead atoms. The highest BCUT2D eigenvalue weighted by molar-refractivity contribution is 6.29. The first-order chi connectivity index (χ1) is 7.15. The molecule has 0 aromatic carbocycles. The van der Waals surface area contributed by atoms with E-state index in [9.17, 15) is 5.11 Å². The van der Waals surface area contributed by atoms with E-state index in [4.69, 9.17) is 17.3 Å². The number of aliphatic hydroxyl groups is 1. The minimum atomic E-state index is -0.198. The van der Waals surface area contributed by atoms with Gasteiger partial charge in [0.1, 0.15) is 11.0 Å². The van der Waals surface area contributed by atoms with Gasteiger partial charge in [0.15, 0.2) is 0 Å². The number of nitrogens with zero attached hydrogens (tertiary/aromatic N) is 3. The number of halogens is 1. The first-order valence-corrected chi connectivity index (χ1v) is 5.26. The average Bonchev–Trinajstić information content (AvgIpc) is 2.17. The lowest BCUT2D eigenvalue weighted by Crippen LogP contribution is -2.36. The van der Waals surface area contributed by atoms with Crippen molar-refractivity contribution in [3.8, 4) is 0 Å². The van der Waals surface area contributed by atoms with Crippen LogP contribution in [0, 0.1) is 0 Å². The van der Waals surface area contributed by atoms with Gasteiger partial charge in [0.05, 0.1) is 6.10 Å². The Labute approximate surface area is 92.9 Å². The molecule has 0 unspecified atom stereocenters. The van der Waals surface area contributed by atoms with E-state index in [2.05, 4.69) is 14.9 Å². The molecule has 0 saturated carbocycles. The summed E-state index contributed by atoms with van der Waals surface area (Å²) >= 11 is 5.79. The predicted molar refractivity (Wildman–Crippen MR) is 58.9 cm³/mol. The zero-order valence-electron chi connectivity index (χ0n) is 8.23. The van der Waals surface area contributed by atoms with Gasteiger partial charge in [-0.2, -0.15) is 4.98 Å². The summed E-state index contributed by atoms with van der Waals surface area (Å²) in [5, 5.41) is 9.72. The van der Waals surface area contributed by atoms with Gasteiger partial charge in [-0.05, 0) is 12.8 Å². The molecule has 6 heteroatoms. The predicted octanol–water partition coefficient (Wildman–Crippen LogP) is 0.673. The molecule has 2 rings (SSSR count). The fraction of sp³-hybridized carbons (Fsp3) is 0.556. The fourth-order valence-electron chi connectivity index (χ4n) is 1.68. The van der Waals surface area contributed by atoms with E-state index < -0.39 is 0 Å². The Kier molecular flexibility index (Phi) is 2.93. The van der Waals surface area contributed by atoms with Crippen molar-refractivity contribution in [2.24, 2.45) is 0 Å². The SMILES string of the molecule is Nc1nc(Cl)cc(N2CCC(O)CC2)n1. The smallest absolute Gasteiger partial charge is 0.223 e. The van der Waals surface area contributed by atoms with Crippen LogP contribution in [0.5, 0.6) is 0 Å². The maximum Gasteiger partial charge on any atom is 0.223 e. The summed E-state index contributed by atoms with van der Waals surface area (Å²) in [4.78, 5) is 9.96. The third-order valence-electron chi connectivity index (χ3n) is 2.49. The van der Waals surface area contributed by atoms with Gasteiger partial charge in [-0.3, -0.25) is 0 Å². The van der Waals surface area contributed by atoms with Crippen molar-refractivity contribution in [3.63, 3.8) is 0 Å². The number of nitrogens with two attached hydrogens (primary N) is 1. The number of rotatable bonds is 1. The van der Waals surface area contributed by atoms with Gasteiger partial charge in [0, 0.05) is 19.2 Å². The number of aliphatic hydroxyl groups excluding tert-OH is 1. The Morgan fingerprint density at radius 3 is 2.67 bits per heavy atom. The molecule has 1 aromatic heterocycles. The van der Waals surface area contributed by atoms with Crippen LogP contribution in [0.15, 0.2) is 6.07 Å². The minimum absolute atomic E-state index is 0.184. The van der Waals surface area contributed by atoms with Gasteiger partial charge in [-0.25, -0.2) is 4.98 Å². The summed E-state index contributed by atoms with van der Waals surface area (Å²) in [5.74, 6) is 0.919. The van der Waals surface area contributed by atoms with Crippen molar-refractivity contribution in [1.29, 1.82) is 0 Å². The third-order valence-corrected chi connectivity index (χ3v) is 2.68. The number of anilines is 2. The summed E-state index contributed by atoms with van der Waals surface area (Å²) in [6.45, 7) is 1.54. The number of hydrogen-bond acceptors (Lipinski definition) is 5. The molecule has 0 atom stereocenters. The molecular weight excluding hydrogens is 216 g/mol. The van der Waals surface area contributed by atoms with Crippen molar-refractivity contribution in [2.75, 3.05) is 23.7 Å². The van der Waals surface area contributed by atoms with E-state index in [1.807, 2.05) is 0 Å². The molecule has 1 aliphatic heterocycles. The van der Waals surface area contributed by atoms with E-state index in [-0.39, 0.29) is 12.1 Å². The quantitative estimate of drug-likeness (QED) is 0.692. The molecule has 0 radical (unpaired) electrons. The Morgan fingerprint density at radius 2 is 2.07 bits per heavy atom. The van der Waals surface area contributed by atoms with E-state index in [0.717, 1.165) is 31.7 Å². The van der Waals surface area contributed by atoms with E-state index in [0.29, 0.717) is 5.15 Å². The molecule has 1 saturated heterocycles. The van der Waals surface area contributed by atoms with Crippen molar-refractivity contribution in [3.05, 3.63) is 11.2 Å². The second kappa shape index (κ2) is 4.20. The Balaban J connectivity index is 2.15. The van der Waals surface area contributed by atoms with Crippen molar-refractivity contribution in [1.82, 2.24) is 9.97 Å². The monoisotopic (exact) mass is 228 g/mol. The van der Waals surface area contributed by atoms with E-state index in [1.165, 1.54) is 0 Å². The summed E-state index contributed by atoms with van der Waals surface area (Å²) in [7, 11) is 0. The summed E-state index contributed by atoms with van der Waals surface area (Å²) < 4.78 is 0. The second-order valence-corrected chi connectivity index (χ2v) is 4.01. The summed E-state index contributed by atoms with van der Waals surface area (Å²) in [5.41, 5.74) is 5.51. The first-order valence-electron chi connectivity index (χ1n) is 4.88. The fourth-order valence-corrected chi connectivity index (χ4v) is 1.86. The maximum absolute atomic E-state index is 9.37. The Hall–Kier alpha value is -1.07. The number of hydrogen-bond donors (Lipinski definition) is 2. The van der Waals surface area contributed by atoms with Gasteiger partial charge in [-0.15, -0.1) is 0 Å². The highest BCUT2D eigenvalue weighted by atomic mass is 35.5. The maximum atomic E-state index is 9.37. The third kappa shape index (κ3) is 2.49. The largest absolute Gasteiger partial charge is 0.393 e. The van der Waals surface area contributed by atoms with Crippen molar-refractivity contribution >= 4 is 23.4 Å². The molecule has 0 amide bonds. The van der Waals surface area contributed by atoms with Gasteiger partial charge in [-0.1, -0.05) is 11.6 Å². The number of nitrogen functional groups attached to an aromatic ring is 1. The van der Waals surface area contributed by atoms with Crippen LogP contribution in [0.2, 0.25) is 5.15 Å². The average molecular weight is 229 g/mol. The van der Waals surface area contributed by atoms with E-state index >= 15 is 0 Å². The molecule has 1 fully saturated rings. The molecule has 1 aromatic rings. The number of aromatic nitrogens is 2.